The molecule has 3 rings (SSSR count). The minimum Gasteiger partial charge on any atom is -0.394 e. The molecule has 1 aliphatic rings. The predicted octanol–water partition coefficient (Wildman–Crippen LogP) is -0.403. The first-order valence-corrected chi connectivity index (χ1v) is 6.42. The molecule has 21 heavy (non-hydrogen) atoms. The van der Waals surface area contributed by atoms with Gasteiger partial charge in [0.2, 0.25) is 0 Å². The smallest absolute Gasteiger partial charge is 0.167 e. The molecule has 0 amide bonds. The Kier molecular flexibility index (Phi) is 3.66. The Morgan fingerprint density at radius 1 is 1.52 bits per heavy atom. The second-order valence-corrected chi connectivity index (χ2v) is 4.64. The molecule has 2 aromatic rings. The topological polar surface area (TPSA) is 132 Å². The fourth-order valence-corrected chi connectivity index (χ4v) is 2.44. The zero-order valence-electron chi connectivity index (χ0n) is 11.1. The van der Waals surface area contributed by atoms with Crippen LogP contribution in [0, 0.1) is 11.3 Å². The minimum absolute atomic E-state index is 0.0446. The summed E-state index contributed by atoms with van der Waals surface area (Å²) in [4.78, 5) is 12.2. The number of anilines is 1. The SMILES string of the molecule is N#CCO[C@H]1C[C@H](n2cnc3c(N)ncnc32)O[C@@H]1CO. The van der Waals surface area contributed by atoms with Crippen LogP contribution >= 0.6 is 0 Å². The lowest BCUT2D eigenvalue weighted by Gasteiger charge is -2.14. The fourth-order valence-electron chi connectivity index (χ4n) is 2.44. The largest absolute Gasteiger partial charge is 0.394 e. The molecule has 3 atom stereocenters. The van der Waals surface area contributed by atoms with E-state index in [4.69, 9.17) is 20.5 Å². The molecule has 0 unspecified atom stereocenters. The van der Waals surface area contributed by atoms with Gasteiger partial charge < -0.3 is 20.3 Å². The van der Waals surface area contributed by atoms with Crippen LogP contribution < -0.4 is 5.73 Å². The van der Waals surface area contributed by atoms with E-state index in [-0.39, 0.29) is 25.5 Å². The van der Waals surface area contributed by atoms with E-state index in [9.17, 15) is 5.11 Å². The number of nitriles is 1. The van der Waals surface area contributed by atoms with Gasteiger partial charge in [-0.2, -0.15) is 5.26 Å². The summed E-state index contributed by atoms with van der Waals surface area (Å²) >= 11 is 0. The second kappa shape index (κ2) is 5.61. The highest BCUT2D eigenvalue weighted by atomic mass is 16.6. The third-order valence-electron chi connectivity index (χ3n) is 3.42. The van der Waals surface area contributed by atoms with E-state index in [0.29, 0.717) is 23.4 Å². The Hall–Kier alpha value is -2.28. The Morgan fingerprint density at radius 3 is 3.14 bits per heavy atom. The summed E-state index contributed by atoms with van der Waals surface area (Å²) in [6.07, 6.45) is 2.20. The highest BCUT2D eigenvalue weighted by Crippen LogP contribution is 2.32. The van der Waals surface area contributed by atoms with Gasteiger partial charge in [0.15, 0.2) is 11.5 Å². The first-order chi connectivity index (χ1) is 10.2. The van der Waals surface area contributed by atoms with Crippen molar-refractivity contribution >= 4 is 17.0 Å². The summed E-state index contributed by atoms with van der Waals surface area (Å²) in [5, 5.41) is 17.9. The lowest BCUT2D eigenvalue weighted by molar-refractivity contribution is -0.0556. The summed E-state index contributed by atoms with van der Waals surface area (Å²) in [5.41, 5.74) is 6.81. The Labute approximate surface area is 119 Å². The van der Waals surface area contributed by atoms with Crippen molar-refractivity contribution in [3.8, 4) is 6.07 Å². The lowest BCUT2D eigenvalue weighted by atomic mass is 10.2. The molecule has 0 aliphatic carbocycles. The van der Waals surface area contributed by atoms with Crippen LogP contribution in [-0.2, 0) is 9.47 Å². The third-order valence-corrected chi connectivity index (χ3v) is 3.42. The van der Waals surface area contributed by atoms with Crippen LogP contribution in [0.25, 0.3) is 11.2 Å². The molecule has 0 bridgehead atoms. The molecule has 3 N–H and O–H groups in total. The number of hydrogen-bond donors (Lipinski definition) is 2. The monoisotopic (exact) mass is 290 g/mol. The summed E-state index contributed by atoms with van der Waals surface area (Å²) < 4.78 is 12.9. The number of ether oxygens (including phenoxy) is 2. The van der Waals surface area contributed by atoms with Gasteiger partial charge in [0.25, 0.3) is 0 Å². The van der Waals surface area contributed by atoms with Crippen molar-refractivity contribution in [1.82, 2.24) is 19.5 Å². The first kappa shape index (κ1) is 13.7. The van der Waals surface area contributed by atoms with Gasteiger partial charge in [-0.1, -0.05) is 0 Å². The maximum Gasteiger partial charge on any atom is 0.167 e. The highest BCUT2D eigenvalue weighted by molar-refractivity contribution is 5.81. The molecular formula is C12H14N6O3. The molecule has 1 saturated heterocycles. The van der Waals surface area contributed by atoms with Crippen molar-refractivity contribution in [3.63, 3.8) is 0 Å². The zero-order chi connectivity index (χ0) is 14.8. The molecule has 2 aromatic heterocycles. The normalized spacial score (nSPS) is 25.2. The standard InChI is InChI=1S/C12H14N6O3/c13-1-2-20-7-3-9(21-8(7)4-19)18-6-17-10-11(14)15-5-16-12(10)18/h5-9,19H,2-4H2,(H2,14,15,16)/t7-,8+,9+/m0/s1. The predicted molar refractivity (Wildman–Crippen MR) is 70.7 cm³/mol. The van der Waals surface area contributed by atoms with Gasteiger partial charge in [0.05, 0.1) is 25.1 Å². The molecular weight excluding hydrogens is 276 g/mol. The van der Waals surface area contributed by atoms with Crippen LogP contribution in [0.4, 0.5) is 5.82 Å². The molecule has 1 fully saturated rings. The molecule has 3 heterocycles. The average Bonchev–Trinajstić information content (AvgIpc) is 3.09. The van der Waals surface area contributed by atoms with Crippen LogP contribution in [0.5, 0.6) is 0 Å². The Morgan fingerprint density at radius 2 is 2.38 bits per heavy atom. The Bertz CT molecular complexity index is 681. The number of imidazole rings is 1. The number of nitrogen functional groups attached to an aromatic ring is 1. The van der Waals surface area contributed by atoms with Crippen molar-refractivity contribution in [2.45, 2.75) is 24.9 Å². The van der Waals surface area contributed by atoms with E-state index >= 15 is 0 Å². The quantitative estimate of drug-likeness (QED) is 0.777. The van der Waals surface area contributed by atoms with Crippen LogP contribution in [0.1, 0.15) is 12.6 Å². The van der Waals surface area contributed by atoms with Gasteiger partial charge in [-0.05, 0) is 0 Å². The van der Waals surface area contributed by atoms with E-state index in [1.54, 1.807) is 10.9 Å². The van der Waals surface area contributed by atoms with Crippen molar-refractivity contribution in [2.75, 3.05) is 18.9 Å². The average molecular weight is 290 g/mol. The number of hydrogen-bond acceptors (Lipinski definition) is 8. The number of rotatable bonds is 4. The first-order valence-electron chi connectivity index (χ1n) is 6.42. The van der Waals surface area contributed by atoms with Crippen LogP contribution in [0.15, 0.2) is 12.7 Å². The number of aliphatic hydroxyl groups is 1. The third kappa shape index (κ3) is 2.40. The lowest BCUT2D eigenvalue weighted by Crippen LogP contribution is -2.27. The van der Waals surface area contributed by atoms with E-state index in [1.807, 2.05) is 6.07 Å². The number of aliphatic hydroxyl groups excluding tert-OH is 1. The van der Waals surface area contributed by atoms with E-state index in [2.05, 4.69) is 15.0 Å². The molecule has 9 heteroatoms. The number of nitrogens with zero attached hydrogens (tertiary/aromatic N) is 5. The van der Waals surface area contributed by atoms with Gasteiger partial charge in [-0.25, -0.2) is 15.0 Å². The van der Waals surface area contributed by atoms with Crippen molar-refractivity contribution < 1.29 is 14.6 Å². The molecule has 0 spiro atoms. The van der Waals surface area contributed by atoms with Gasteiger partial charge in [0, 0.05) is 6.42 Å². The number of aromatic nitrogens is 4. The maximum atomic E-state index is 9.35. The molecule has 110 valence electrons. The van der Waals surface area contributed by atoms with Gasteiger partial charge in [0.1, 0.15) is 30.8 Å². The van der Waals surface area contributed by atoms with Gasteiger partial charge in [-0.15, -0.1) is 0 Å². The van der Waals surface area contributed by atoms with E-state index < -0.39 is 6.10 Å². The minimum atomic E-state index is -0.486. The molecule has 0 aromatic carbocycles. The number of fused-ring (bicyclic) bond motifs is 1. The van der Waals surface area contributed by atoms with Crippen LogP contribution in [-0.4, -0.2) is 50.0 Å². The van der Waals surface area contributed by atoms with Crippen LogP contribution in [0.3, 0.4) is 0 Å². The molecule has 1 aliphatic heterocycles. The zero-order valence-corrected chi connectivity index (χ0v) is 11.1. The molecule has 0 saturated carbocycles. The van der Waals surface area contributed by atoms with E-state index in [0.717, 1.165) is 0 Å². The molecule has 0 radical (unpaired) electrons. The summed E-state index contributed by atoms with van der Waals surface area (Å²) in [5.74, 6) is 0.299. The highest BCUT2D eigenvalue weighted by Gasteiger charge is 2.37. The number of nitrogens with two attached hydrogens (primary N) is 1. The van der Waals surface area contributed by atoms with Crippen molar-refractivity contribution in [2.24, 2.45) is 0 Å². The fraction of sp³-hybridized carbons (Fsp3) is 0.500. The summed E-state index contributed by atoms with van der Waals surface area (Å²) in [6, 6.07) is 1.91. The maximum absolute atomic E-state index is 9.35. The second-order valence-electron chi connectivity index (χ2n) is 4.64. The van der Waals surface area contributed by atoms with Crippen molar-refractivity contribution in [1.29, 1.82) is 5.26 Å². The van der Waals surface area contributed by atoms with Gasteiger partial charge in [-0.3, -0.25) is 4.57 Å². The molecule has 9 nitrogen and oxygen atoms in total. The summed E-state index contributed by atoms with van der Waals surface area (Å²) in [6.45, 7) is -0.229. The van der Waals surface area contributed by atoms with Crippen LogP contribution in [0.2, 0.25) is 0 Å². The summed E-state index contributed by atoms with van der Waals surface area (Å²) in [7, 11) is 0. The van der Waals surface area contributed by atoms with E-state index in [1.165, 1.54) is 6.33 Å². The van der Waals surface area contributed by atoms with Gasteiger partial charge >= 0.3 is 0 Å². The Balaban J connectivity index is 1.87. The van der Waals surface area contributed by atoms with Crippen molar-refractivity contribution in [3.05, 3.63) is 12.7 Å².